The Morgan fingerprint density at radius 2 is 1.91 bits per heavy atom. The zero-order valence-corrected chi connectivity index (χ0v) is 13.6. The van der Waals surface area contributed by atoms with Gasteiger partial charge in [-0.3, -0.25) is 4.79 Å². The van der Waals surface area contributed by atoms with Crippen LogP contribution in [-0.2, 0) is 27.8 Å². The first-order chi connectivity index (χ1) is 11.0. The van der Waals surface area contributed by atoms with E-state index in [1.807, 2.05) is 30.3 Å². The van der Waals surface area contributed by atoms with Gasteiger partial charge in [0.15, 0.2) is 0 Å². The molecular formula is C17H18N2O3S. The predicted octanol–water partition coefficient (Wildman–Crippen LogP) is 2.07. The number of sulfonamides is 1. The number of fused-ring (bicyclic) bond motifs is 1. The average Bonchev–Trinajstić information content (AvgIpc) is 2.97. The molecule has 23 heavy (non-hydrogen) atoms. The van der Waals surface area contributed by atoms with E-state index in [1.54, 1.807) is 23.1 Å². The van der Waals surface area contributed by atoms with Gasteiger partial charge in [-0.2, -0.15) is 0 Å². The van der Waals surface area contributed by atoms with Crippen LogP contribution in [0.25, 0.3) is 0 Å². The maximum absolute atomic E-state index is 12.4. The van der Waals surface area contributed by atoms with E-state index in [-0.39, 0.29) is 17.3 Å². The first-order valence-corrected chi connectivity index (χ1v) is 8.90. The largest absolute Gasteiger partial charge is 0.312 e. The maximum atomic E-state index is 12.4. The zero-order chi connectivity index (χ0) is 16.4. The van der Waals surface area contributed by atoms with Crippen LogP contribution in [0.1, 0.15) is 18.1 Å². The summed E-state index contributed by atoms with van der Waals surface area (Å²) in [6, 6.07) is 14.3. The van der Waals surface area contributed by atoms with Crippen molar-refractivity contribution in [3.05, 3.63) is 59.7 Å². The highest BCUT2D eigenvalue weighted by Crippen LogP contribution is 2.30. The Morgan fingerprint density at radius 1 is 1.17 bits per heavy atom. The standard InChI is InChI=1S/C17H18N2O3S/c1-13(20)19-10-9-15-11-16(7-8-17(15)19)23(21,22)18-12-14-5-3-2-4-6-14/h2-8,11,18H,9-10,12H2,1H3. The van der Waals surface area contributed by atoms with Crippen molar-refractivity contribution in [1.82, 2.24) is 4.72 Å². The Hall–Kier alpha value is -2.18. The van der Waals surface area contributed by atoms with Gasteiger partial charge in [-0.1, -0.05) is 30.3 Å². The van der Waals surface area contributed by atoms with Crippen molar-refractivity contribution >= 4 is 21.6 Å². The van der Waals surface area contributed by atoms with Crippen molar-refractivity contribution in [1.29, 1.82) is 0 Å². The highest BCUT2D eigenvalue weighted by molar-refractivity contribution is 7.89. The lowest BCUT2D eigenvalue weighted by atomic mass is 10.2. The van der Waals surface area contributed by atoms with Crippen LogP contribution in [0.5, 0.6) is 0 Å². The smallest absolute Gasteiger partial charge is 0.240 e. The fraction of sp³-hybridized carbons (Fsp3) is 0.235. The van der Waals surface area contributed by atoms with Gasteiger partial charge < -0.3 is 4.90 Å². The second-order valence-corrected chi connectivity index (χ2v) is 7.29. The summed E-state index contributed by atoms with van der Waals surface area (Å²) in [5, 5.41) is 0. The number of carbonyl (C=O) groups excluding carboxylic acids is 1. The SMILES string of the molecule is CC(=O)N1CCc2cc(S(=O)(=O)NCc3ccccc3)ccc21. The Morgan fingerprint density at radius 3 is 2.61 bits per heavy atom. The van der Waals surface area contributed by atoms with Crippen molar-refractivity contribution in [3.8, 4) is 0 Å². The Balaban J connectivity index is 1.80. The van der Waals surface area contributed by atoms with Crippen LogP contribution in [0, 0.1) is 0 Å². The molecule has 1 aliphatic rings. The minimum atomic E-state index is -3.57. The minimum absolute atomic E-state index is 0.0263. The van der Waals surface area contributed by atoms with Crippen molar-refractivity contribution in [2.24, 2.45) is 0 Å². The van der Waals surface area contributed by atoms with Crippen LogP contribution in [0.2, 0.25) is 0 Å². The summed E-state index contributed by atoms with van der Waals surface area (Å²) in [4.78, 5) is 13.4. The number of nitrogens with zero attached hydrogens (tertiary/aromatic N) is 1. The fourth-order valence-corrected chi connectivity index (χ4v) is 3.80. The first kappa shape index (κ1) is 15.7. The van der Waals surface area contributed by atoms with Crippen LogP contribution in [0.4, 0.5) is 5.69 Å². The van der Waals surface area contributed by atoms with Gasteiger partial charge in [0.05, 0.1) is 4.90 Å². The number of benzene rings is 2. The molecular weight excluding hydrogens is 312 g/mol. The molecule has 0 aromatic heterocycles. The first-order valence-electron chi connectivity index (χ1n) is 7.42. The molecule has 0 unspecified atom stereocenters. The molecule has 0 saturated carbocycles. The van der Waals surface area contributed by atoms with Crippen molar-refractivity contribution in [2.75, 3.05) is 11.4 Å². The van der Waals surface area contributed by atoms with E-state index >= 15 is 0 Å². The molecule has 0 spiro atoms. The van der Waals surface area contributed by atoms with E-state index in [0.717, 1.165) is 16.8 Å². The molecule has 1 amide bonds. The lowest BCUT2D eigenvalue weighted by molar-refractivity contribution is -0.116. The quantitative estimate of drug-likeness (QED) is 0.933. The third-order valence-corrected chi connectivity index (χ3v) is 5.34. The van der Waals surface area contributed by atoms with Crippen molar-refractivity contribution < 1.29 is 13.2 Å². The number of hydrogen-bond acceptors (Lipinski definition) is 3. The molecule has 0 bridgehead atoms. The summed E-state index contributed by atoms with van der Waals surface area (Å²) < 4.78 is 27.5. The Kier molecular flexibility index (Phi) is 4.19. The van der Waals surface area contributed by atoms with Crippen molar-refractivity contribution in [2.45, 2.75) is 24.8 Å². The van der Waals surface area contributed by atoms with Gasteiger partial charge in [-0.25, -0.2) is 13.1 Å². The highest BCUT2D eigenvalue weighted by Gasteiger charge is 2.24. The van der Waals surface area contributed by atoms with E-state index in [1.165, 1.54) is 6.92 Å². The van der Waals surface area contributed by atoms with Gasteiger partial charge in [0.1, 0.15) is 0 Å². The summed E-state index contributed by atoms with van der Waals surface area (Å²) in [5.74, 6) is -0.0263. The topological polar surface area (TPSA) is 66.5 Å². The molecule has 0 fully saturated rings. The third kappa shape index (κ3) is 3.28. The zero-order valence-electron chi connectivity index (χ0n) is 12.8. The van der Waals surface area contributed by atoms with Gasteiger partial charge in [0, 0.05) is 25.7 Å². The predicted molar refractivity (Wildman–Crippen MR) is 88.6 cm³/mol. The van der Waals surface area contributed by atoms with E-state index in [9.17, 15) is 13.2 Å². The highest BCUT2D eigenvalue weighted by atomic mass is 32.2. The normalized spacial score (nSPS) is 13.9. The number of anilines is 1. The molecule has 1 N–H and O–H groups in total. The van der Waals surface area contributed by atoms with Crippen LogP contribution in [0.15, 0.2) is 53.4 Å². The minimum Gasteiger partial charge on any atom is -0.312 e. The summed E-state index contributed by atoms with van der Waals surface area (Å²) in [5.41, 5.74) is 2.60. The molecule has 5 nitrogen and oxygen atoms in total. The van der Waals surface area contributed by atoms with Crippen LogP contribution in [-0.4, -0.2) is 20.9 Å². The van der Waals surface area contributed by atoms with E-state index in [2.05, 4.69) is 4.72 Å². The van der Waals surface area contributed by atoms with Crippen LogP contribution >= 0.6 is 0 Å². The van der Waals surface area contributed by atoms with E-state index in [0.29, 0.717) is 13.0 Å². The number of rotatable bonds is 4. The summed E-state index contributed by atoms with van der Waals surface area (Å²) in [6.45, 7) is 2.37. The average molecular weight is 330 g/mol. The number of amides is 1. The number of carbonyl (C=O) groups is 1. The third-order valence-electron chi connectivity index (χ3n) is 3.95. The second kappa shape index (κ2) is 6.14. The lowest BCUT2D eigenvalue weighted by Crippen LogP contribution is -2.26. The van der Waals surface area contributed by atoms with Crippen LogP contribution in [0.3, 0.4) is 0 Å². The number of hydrogen-bond donors (Lipinski definition) is 1. The molecule has 0 aliphatic carbocycles. The van der Waals surface area contributed by atoms with E-state index in [4.69, 9.17) is 0 Å². The van der Waals surface area contributed by atoms with Gasteiger partial charge in [0.2, 0.25) is 15.9 Å². The Bertz CT molecular complexity index is 832. The second-order valence-electron chi connectivity index (χ2n) is 5.52. The molecule has 2 aromatic rings. The fourth-order valence-electron chi connectivity index (χ4n) is 2.73. The van der Waals surface area contributed by atoms with Gasteiger partial charge in [0.25, 0.3) is 0 Å². The molecule has 0 radical (unpaired) electrons. The summed E-state index contributed by atoms with van der Waals surface area (Å²) in [6.07, 6.45) is 0.678. The molecule has 1 aliphatic heterocycles. The van der Waals surface area contributed by atoms with E-state index < -0.39 is 10.0 Å². The van der Waals surface area contributed by atoms with Crippen LogP contribution < -0.4 is 9.62 Å². The lowest BCUT2D eigenvalue weighted by Gasteiger charge is -2.15. The molecule has 0 saturated heterocycles. The number of nitrogens with one attached hydrogen (secondary N) is 1. The monoisotopic (exact) mass is 330 g/mol. The maximum Gasteiger partial charge on any atom is 0.240 e. The molecule has 3 rings (SSSR count). The van der Waals surface area contributed by atoms with Gasteiger partial charge in [-0.05, 0) is 35.7 Å². The van der Waals surface area contributed by atoms with Gasteiger partial charge in [-0.15, -0.1) is 0 Å². The molecule has 120 valence electrons. The molecule has 0 atom stereocenters. The van der Waals surface area contributed by atoms with Crippen molar-refractivity contribution in [3.63, 3.8) is 0 Å². The Labute approximate surface area is 136 Å². The molecule has 1 heterocycles. The summed E-state index contributed by atoms with van der Waals surface area (Å²) >= 11 is 0. The van der Waals surface area contributed by atoms with Gasteiger partial charge >= 0.3 is 0 Å². The molecule has 2 aromatic carbocycles. The summed E-state index contributed by atoms with van der Waals surface area (Å²) in [7, 11) is -3.57. The molecule has 6 heteroatoms.